The van der Waals surface area contributed by atoms with E-state index in [2.05, 4.69) is 9.97 Å². The summed E-state index contributed by atoms with van der Waals surface area (Å²) in [6.07, 6.45) is -0.787. The average Bonchev–Trinajstić information content (AvgIpc) is 3.62. The number of hydrogen-bond acceptors (Lipinski definition) is 9. The first kappa shape index (κ1) is 25.3. The Kier molecular flexibility index (Phi) is 7.77. The standard InChI is InChI=1S/C13H14N2O4.C12H11ClN2O3/c1-17-10-4-2-9-3-5-11(16)15(13(9)14-10)8-12-18-6-7-19-12;13-9-3-1-8-2-4-10(16)15(12(8)14-9)7-11-17-5-6-18-11/h2-5,12H,6-8H2,1H3;1-4,11H,5-7H2. The number of halogens is 1. The predicted molar refractivity (Wildman–Crippen MR) is 135 cm³/mol. The maximum atomic E-state index is 12.0. The molecule has 0 unspecified atom stereocenters. The SMILES string of the molecule is COc1ccc2ccc(=O)n(CC3OCCO3)c2n1.O=c1ccc2ccc(Cl)nc2n1CC1OCCO1. The van der Waals surface area contributed by atoms with Crippen LogP contribution in [-0.4, -0.2) is 65.2 Å². The van der Waals surface area contributed by atoms with Crippen molar-refractivity contribution < 1.29 is 23.7 Å². The summed E-state index contributed by atoms with van der Waals surface area (Å²) in [4.78, 5) is 32.4. The monoisotopic (exact) mass is 528 g/mol. The number of fused-ring (bicyclic) bond motifs is 2. The molecule has 194 valence electrons. The third-order valence-electron chi connectivity index (χ3n) is 5.86. The van der Waals surface area contributed by atoms with Crippen LogP contribution in [0.1, 0.15) is 0 Å². The molecule has 0 radical (unpaired) electrons. The fraction of sp³-hybridized carbons (Fsp3) is 0.360. The molecule has 2 aliphatic rings. The molecule has 0 aromatic carbocycles. The highest BCUT2D eigenvalue weighted by Crippen LogP contribution is 2.17. The van der Waals surface area contributed by atoms with Gasteiger partial charge in [-0.3, -0.25) is 18.7 Å². The van der Waals surface area contributed by atoms with Crippen LogP contribution in [0.2, 0.25) is 5.15 Å². The first-order valence-corrected chi connectivity index (χ1v) is 12.1. The zero-order valence-corrected chi connectivity index (χ0v) is 20.8. The van der Waals surface area contributed by atoms with Gasteiger partial charge in [-0.15, -0.1) is 0 Å². The van der Waals surface area contributed by atoms with E-state index in [-0.39, 0.29) is 11.1 Å². The minimum absolute atomic E-state index is 0.132. The Hall–Kier alpha value is -3.35. The predicted octanol–water partition coefficient (Wildman–Crippen LogP) is 2.20. The Morgan fingerprint density at radius 1 is 0.757 bits per heavy atom. The Balaban J connectivity index is 0.000000152. The lowest BCUT2D eigenvalue weighted by Crippen LogP contribution is -2.27. The van der Waals surface area contributed by atoms with Gasteiger partial charge >= 0.3 is 0 Å². The molecule has 11 nitrogen and oxygen atoms in total. The van der Waals surface area contributed by atoms with Crippen molar-refractivity contribution in [2.75, 3.05) is 33.5 Å². The summed E-state index contributed by atoms with van der Waals surface area (Å²) in [5.41, 5.74) is 0.851. The van der Waals surface area contributed by atoms with E-state index in [1.165, 1.54) is 16.7 Å². The molecule has 2 fully saturated rings. The first-order chi connectivity index (χ1) is 18.0. The van der Waals surface area contributed by atoms with E-state index >= 15 is 0 Å². The van der Waals surface area contributed by atoms with Crippen molar-refractivity contribution >= 4 is 33.7 Å². The number of methoxy groups -OCH3 is 1. The zero-order valence-electron chi connectivity index (χ0n) is 20.0. The maximum absolute atomic E-state index is 12.0. The topological polar surface area (TPSA) is 116 Å². The van der Waals surface area contributed by atoms with Crippen LogP contribution in [0.15, 0.2) is 58.1 Å². The zero-order chi connectivity index (χ0) is 25.8. The van der Waals surface area contributed by atoms with Crippen LogP contribution in [0.4, 0.5) is 0 Å². The van der Waals surface area contributed by atoms with Gasteiger partial charge in [-0.1, -0.05) is 11.6 Å². The molecule has 0 saturated carbocycles. The van der Waals surface area contributed by atoms with Crippen molar-refractivity contribution in [3.63, 3.8) is 0 Å². The largest absolute Gasteiger partial charge is 0.481 e. The van der Waals surface area contributed by atoms with Gasteiger partial charge in [0.1, 0.15) is 16.4 Å². The highest BCUT2D eigenvalue weighted by molar-refractivity contribution is 6.29. The third-order valence-corrected chi connectivity index (χ3v) is 6.07. The lowest BCUT2D eigenvalue weighted by Gasteiger charge is -2.13. The summed E-state index contributed by atoms with van der Waals surface area (Å²) in [5, 5.41) is 2.09. The lowest BCUT2D eigenvalue weighted by molar-refractivity contribution is -0.0526. The number of pyridine rings is 4. The quantitative estimate of drug-likeness (QED) is 0.359. The van der Waals surface area contributed by atoms with Gasteiger partial charge in [-0.2, -0.15) is 4.98 Å². The molecule has 0 atom stereocenters. The second kappa shape index (κ2) is 11.4. The summed E-state index contributed by atoms with van der Waals surface area (Å²) in [6.45, 7) is 2.87. The first-order valence-electron chi connectivity index (χ1n) is 11.7. The second-order valence-corrected chi connectivity index (χ2v) is 8.61. The van der Waals surface area contributed by atoms with E-state index in [0.29, 0.717) is 61.8 Å². The van der Waals surface area contributed by atoms with Crippen molar-refractivity contribution in [3.8, 4) is 5.88 Å². The van der Waals surface area contributed by atoms with Gasteiger partial charge in [-0.05, 0) is 30.3 Å². The Morgan fingerprint density at radius 2 is 1.22 bits per heavy atom. The van der Waals surface area contributed by atoms with Gasteiger partial charge in [0, 0.05) is 29.0 Å². The van der Waals surface area contributed by atoms with Crippen LogP contribution >= 0.6 is 11.6 Å². The Labute approximate surface area is 216 Å². The van der Waals surface area contributed by atoms with E-state index in [9.17, 15) is 9.59 Å². The number of nitrogens with zero attached hydrogens (tertiary/aromatic N) is 4. The third kappa shape index (κ3) is 5.81. The van der Waals surface area contributed by atoms with Crippen LogP contribution in [0.25, 0.3) is 22.1 Å². The normalized spacial score (nSPS) is 16.3. The van der Waals surface area contributed by atoms with Gasteiger partial charge in [0.25, 0.3) is 11.1 Å². The minimum atomic E-state index is -0.394. The number of rotatable bonds is 5. The van der Waals surface area contributed by atoms with Gasteiger partial charge in [0.2, 0.25) is 5.88 Å². The molecule has 2 aliphatic heterocycles. The number of aromatic nitrogens is 4. The molecule has 2 saturated heterocycles. The Bertz CT molecular complexity index is 1510. The molecule has 0 spiro atoms. The van der Waals surface area contributed by atoms with E-state index < -0.39 is 12.6 Å². The van der Waals surface area contributed by atoms with Crippen LogP contribution in [0.5, 0.6) is 5.88 Å². The van der Waals surface area contributed by atoms with E-state index in [4.69, 9.17) is 35.3 Å². The average molecular weight is 529 g/mol. The lowest BCUT2D eigenvalue weighted by atomic mass is 10.3. The summed E-state index contributed by atoms with van der Waals surface area (Å²) < 4.78 is 29.6. The van der Waals surface area contributed by atoms with E-state index in [1.54, 1.807) is 35.9 Å². The molecule has 0 N–H and O–H groups in total. The Morgan fingerprint density at radius 3 is 1.73 bits per heavy atom. The van der Waals surface area contributed by atoms with E-state index in [0.717, 1.165) is 10.8 Å². The molecule has 6 rings (SSSR count). The van der Waals surface area contributed by atoms with Crippen LogP contribution < -0.4 is 15.9 Å². The fourth-order valence-corrected chi connectivity index (χ4v) is 4.21. The highest BCUT2D eigenvalue weighted by atomic mass is 35.5. The molecule has 0 bridgehead atoms. The van der Waals surface area contributed by atoms with Crippen LogP contribution in [0, 0.1) is 0 Å². The molecule has 6 heterocycles. The summed E-state index contributed by atoms with van der Waals surface area (Å²) in [6, 6.07) is 13.7. The van der Waals surface area contributed by atoms with Crippen LogP contribution in [0.3, 0.4) is 0 Å². The van der Waals surface area contributed by atoms with Crippen molar-refractivity contribution in [2.45, 2.75) is 25.7 Å². The molecule has 4 aromatic heterocycles. The molecule has 4 aromatic rings. The molecule has 0 amide bonds. The van der Waals surface area contributed by atoms with Crippen LogP contribution in [-0.2, 0) is 32.0 Å². The molecule has 0 aliphatic carbocycles. The van der Waals surface area contributed by atoms with Gasteiger partial charge in [-0.25, -0.2) is 4.98 Å². The van der Waals surface area contributed by atoms with Crippen molar-refractivity contribution in [2.24, 2.45) is 0 Å². The second-order valence-electron chi connectivity index (χ2n) is 8.22. The van der Waals surface area contributed by atoms with Crippen molar-refractivity contribution in [1.82, 2.24) is 19.1 Å². The molecular weight excluding hydrogens is 504 g/mol. The molecular formula is C25H25ClN4O7. The van der Waals surface area contributed by atoms with Gasteiger partial charge in [0.15, 0.2) is 12.6 Å². The highest BCUT2D eigenvalue weighted by Gasteiger charge is 2.19. The minimum Gasteiger partial charge on any atom is -0.481 e. The van der Waals surface area contributed by atoms with Gasteiger partial charge in [0.05, 0.1) is 46.6 Å². The summed E-state index contributed by atoms with van der Waals surface area (Å²) in [7, 11) is 1.54. The smallest absolute Gasteiger partial charge is 0.252 e. The van der Waals surface area contributed by atoms with Crippen molar-refractivity contribution in [3.05, 3.63) is 74.4 Å². The summed E-state index contributed by atoms with van der Waals surface area (Å²) in [5.74, 6) is 0.472. The maximum Gasteiger partial charge on any atom is 0.252 e. The molecule has 37 heavy (non-hydrogen) atoms. The fourth-order valence-electron chi connectivity index (χ4n) is 4.07. The van der Waals surface area contributed by atoms with Crippen molar-refractivity contribution in [1.29, 1.82) is 0 Å². The van der Waals surface area contributed by atoms with Gasteiger partial charge < -0.3 is 23.7 Å². The summed E-state index contributed by atoms with van der Waals surface area (Å²) >= 11 is 5.87. The number of hydrogen-bond donors (Lipinski definition) is 0. The van der Waals surface area contributed by atoms with E-state index in [1.807, 2.05) is 12.1 Å². The number of ether oxygens (including phenoxy) is 5. The molecule has 12 heteroatoms.